The van der Waals surface area contributed by atoms with Gasteiger partial charge >= 0.3 is 5.97 Å². The molecule has 0 bridgehead atoms. The van der Waals surface area contributed by atoms with E-state index in [1.54, 1.807) is 6.07 Å². The molecule has 9 rings (SSSR count). The molecule has 11 heteroatoms. The van der Waals surface area contributed by atoms with Crippen molar-refractivity contribution in [1.29, 1.82) is 0 Å². The van der Waals surface area contributed by atoms with Crippen LogP contribution in [-0.2, 0) is 29.3 Å². The lowest BCUT2D eigenvalue weighted by Gasteiger charge is -2.46. The molecule has 56 heavy (non-hydrogen) atoms. The van der Waals surface area contributed by atoms with Crippen molar-refractivity contribution in [3.63, 3.8) is 0 Å². The van der Waals surface area contributed by atoms with E-state index in [1.807, 2.05) is 127 Å². The fourth-order valence-electron chi connectivity index (χ4n) is 9.29. The van der Waals surface area contributed by atoms with Gasteiger partial charge in [0, 0.05) is 30.2 Å². The molecule has 0 radical (unpaired) electrons. The lowest BCUT2D eigenvalue weighted by atomic mass is 9.65. The Morgan fingerprint density at radius 2 is 1.48 bits per heavy atom. The van der Waals surface area contributed by atoms with Crippen molar-refractivity contribution in [2.45, 2.75) is 29.6 Å². The SMILES string of the molecule is O=C1O[C@H](c2ccccc2)[C@H](c2ccccc2)N2[C@H]1[C@@H](C(=O)Nc1ccc(N3CCOCC3)cc1)[C@]1(C(=O)Nc3ccccc31)[C@H]2c1cccc(OCCO)c1. The van der Waals surface area contributed by atoms with Crippen molar-refractivity contribution in [2.24, 2.45) is 5.92 Å². The molecule has 0 saturated carbocycles. The Kier molecular flexibility index (Phi) is 9.50. The maximum absolute atomic E-state index is 15.3. The van der Waals surface area contributed by atoms with Crippen molar-refractivity contribution < 1.29 is 33.7 Å². The molecular formula is C45H42N4O7. The average molecular weight is 751 g/mol. The van der Waals surface area contributed by atoms with Crippen LogP contribution in [0.15, 0.2) is 133 Å². The second-order valence-corrected chi connectivity index (χ2v) is 14.5. The third-order valence-electron chi connectivity index (χ3n) is 11.5. The highest BCUT2D eigenvalue weighted by Crippen LogP contribution is 2.65. The fraction of sp³-hybridized carbons (Fsp3) is 0.267. The highest BCUT2D eigenvalue weighted by atomic mass is 16.6. The molecule has 3 saturated heterocycles. The van der Waals surface area contributed by atoms with Gasteiger partial charge in [-0.2, -0.15) is 0 Å². The van der Waals surface area contributed by atoms with Crippen molar-refractivity contribution in [2.75, 3.05) is 55.1 Å². The second kappa shape index (κ2) is 14.9. The minimum atomic E-state index is -1.60. The fourth-order valence-corrected chi connectivity index (χ4v) is 9.29. The van der Waals surface area contributed by atoms with E-state index in [-0.39, 0.29) is 13.2 Å². The number of benzene rings is 5. The first-order valence-corrected chi connectivity index (χ1v) is 19.0. The number of cyclic esters (lactones) is 1. The van der Waals surface area contributed by atoms with E-state index in [4.69, 9.17) is 14.2 Å². The molecule has 1 spiro atoms. The summed E-state index contributed by atoms with van der Waals surface area (Å²) in [6.45, 7) is 2.71. The summed E-state index contributed by atoms with van der Waals surface area (Å²) in [5.41, 5.74) is 3.45. The van der Waals surface area contributed by atoms with E-state index in [0.29, 0.717) is 41.5 Å². The third-order valence-corrected chi connectivity index (χ3v) is 11.5. The lowest BCUT2D eigenvalue weighted by molar-refractivity contribution is -0.177. The third kappa shape index (κ3) is 5.99. The van der Waals surface area contributed by atoms with E-state index >= 15 is 9.59 Å². The highest BCUT2D eigenvalue weighted by molar-refractivity contribution is 6.13. The number of nitrogens with zero attached hydrogens (tertiary/aromatic N) is 2. The smallest absolute Gasteiger partial charge is 0.324 e. The van der Waals surface area contributed by atoms with Crippen LogP contribution in [-0.4, -0.2) is 73.3 Å². The predicted octanol–water partition coefficient (Wildman–Crippen LogP) is 5.80. The van der Waals surface area contributed by atoms with Crippen LogP contribution < -0.4 is 20.3 Å². The number of hydrogen-bond donors (Lipinski definition) is 3. The van der Waals surface area contributed by atoms with Crippen LogP contribution in [0.1, 0.15) is 40.4 Å². The largest absolute Gasteiger partial charge is 0.491 e. The first-order chi connectivity index (χ1) is 27.5. The van der Waals surface area contributed by atoms with Gasteiger partial charge in [0.1, 0.15) is 29.9 Å². The molecule has 5 aromatic carbocycles. The van der Waals surface area contributed by atoms with Crippen LogP contribution in [0.5, 0.6) is 5.75 Å². The molecule has 4 aliphatic heterocycles. The topological polar surface area (TPSA) is 130 Å². The molecule has 0 unspecified atom stereocenters. The summed E-state index contributed by atoms with van der Waals surface area (Å²) >= 11 is 0. The van der Waals surface area contributed by atoms with Gasteiger partial charge in [-0.15, -0.1) is 0 Å². The summed E-state index contributed by atoms with van der Waals surface area (Å²) in [5, 5.41) is 15.9. The normalized spacial score (nSPS) is 25.6. The molecule has 0 aliphatic carbocycles. The summed E-state index contributed by atoms with van der Waals surface area (Å²) in [4.78, 5) is 49.7. The molecule has 0 aromatic heterocycles. The minimum absolute atomic E-state index is 0.0688. The van der Waals surface area contributed by atoms with Crippen LogP contribution >= 0.6 is 0 Å². The van der Waals surface area contributed by atoms with Crippen LogP contribution in [0.4, 0.5) is 17.1 Å². The molecule has 4 aliphatic rings. The molecule has 5 aromatic rings. The van der Waals surface area contributed by atoms with Gasteiger partial charge in [0.15, 0.2) is 0 Å². The van der Waals surface area contributed by atoms with E-state index in [9.17, 15) is 9.90 Å². The summed E-state index contributed by atoms with van der Waals surface area (Å²) in [5.74, 6) is -2.23. The molecule has 2 amide bonds. The van der Waals surface area contributed by atoms with E-state index in [0.717, 1.165) is 29.9 Å². The number of para-hydroxylation sites is 1. The number of anilines is 3. The van der Waals surface area contributed by atoms with Crippen molar-refractivity contribution >= 4 is 34.8 Å². The van der Waals surface area contributed by atoms with Crippen molar-refractivity contribution in [3.05, 3.63) is 156 Å². The van der Waals surface area contributed by atoms with Gasteiger partial charge in [0.25, 0.3) is 0 Å². The molecule has 284 valence electrons. The standard InChI is InChI=1S/C45H42N4O7/c50-24-27-55-34-15-9-14-31(28-34)41-45(35-16-7-8-17-36(35)47-44(45)53)37(42(51)46-32-18-20-33(21-19-32)48-22-25-54-26-23-48)39-43(52)56-40(30-12-5-2-6-13-30)38(49(39)41)29-10-3-1-4-11-29/h1-21,28,37-41,50H,22-27H2,(H,46,51)(H,47,53)/t37-,38-,39-,40+,41+,45-/m0/s1. The second-order valence-electron chi connectivity index (χ2n) is 14.5. The van der Waals surface area contributed by atoms with Crippen LogP contribution in [0.25, 0.3) is 0 Å². The molecule has 11 nitrogen and oxygen atoms in total. The minimum Gasteiger partial charge on any atom is -0.491 e. The number of aliphatic hydroxyl groups excluding tert-OH is 1. The zero-order valence-corrected chi connectivity index (χ0v) is 30.6. The number of esters is 1. The van der Waals surface area contributed by atoms with Gasteiger partial charge in [-0.05, 0) is 64.7 Å². The summed E-state index contributed by atoms with van der Waals surface area (Å²) < 4.78 is 17.9. The number of nitrogens with one attached hydrogen (secondary N) is 2. The Bertz CT molecular complexity index is 2230. The number of ether oxygens (including phenoxy) is 3. The maximum atomic E-state index is 15.3. The maximum Gasteiger partial charge on any atom is 0.324 e. The summed E-state index contributed by atoms with van der Waals surface area (Å²) in [7, 11) is 0. The quantitative estimate of drug-likeness (QED) is 0.160. The van der Waals surface area contributed by atoms with Crippen LogP contribution in [0, 0.1) is 5.92 Å². The number of aliphatic hydroxyl groups is 1. The Morgan fingerprint density at radius 3 is 2.21 bits per heavy atom. The van der Waals surface area contributed by atoms with Gasteiger partial charge in [-0.3, -0.25) is 19.3 Å². The molecular weight excluding hydrogens is 709 g/mol. The first-order valence-electron chi connectivity index (χ1n) is 19.0. The van der Waals surface area contributed by atoms with E-state index in [1.165, 1.54) is 0 Å². The number of hydrogen-bond acceptors (Lipinski definition) is 9. The number of amides is 2. The zero-order valence-electron chi connectivity index (χ0n) is 30.6. The van der Waals surface area contributed by atoms with Gasteiger partial charge in [0.2, 0.25) is 11.8 Å². The van der Waals surface area contributed by atoms with E-state index in [2.05, 4.69) is 20.4 Å². The summed E-state index contributed by atoms with van der Waals surface area (Å²) in [6.07, 6.45) is -0.773. The first kappa shape index (κ1) is 35.7. The Labute approximate surface area is 324 Å². The van der Waals surface area contributed by atoms with Gasteiger partial charge in [-0.1, -0.05) is 91.0 Å². The average Bonchev–Trinajstić information content (AvgIpc) is 3.73. The molecule has 3 N–H and O–H groups in total. The van der Waals surface area contributed by atoms with Gasteiger partial charge in [-0.25, -0.2) is 0 Å². The van der Waals surface area contributed by atoms with E-state index < -0.39 is 53.3 Å². The van der Waals surface area contributed by atoms with Crippen molar-refractivity contribution in [1.82, 2.24) is 4.90 Å². The van der Waals surface area contributed by atoms with Crippen LogP contribution in [0.3, 0.4) is 0 Å². The summed E-state index contributed by atoms with van der Waals surface area (Å²) in [6, 6.07) is 39.1. The number of rotatable bonds is 9. The van der Waals surface area contributed by atoms with Gasteiger partial charge in [0.05, 0.1) is 37.8 Å². The van der Waals surface area contributed by atoms with Crippen molar-refractivity contribution in [3.8, 4) is 5.75 Å². The Morgan fingerprint density at radius 1 is 0.804 bits per heavy atom. The number of morpholine rings is 2. The zero-order chi connectivity index (χ0) is 38.2. The lowest BCUT2D eigenvalue weighted by Crippen LogP contribution is -2.53. The molecule has 6 atom stereocenters. The number of carbonyl (C=O) groups is 3. The van der Waals surface area contributed by atoms with Crippen LogP contribution in [0.2, 0.25) is 0 Å². The Hall–Kier alpha value is -6.01. The number of carbonyl (C=O) groups excluding carboxylic acids is 3. The predicted molar refractivity (Wildman–Crippen MR) is 210 cm³/mol. The Balaban J connectivity index is 1.25. The molecule has 3 fully saturated rings. The molecule has 4 heterocycles. The number of fused-ring (bicyclic) bond motifs is 3. The van der Waals surface area contributed by atoms with Gasteiger partial charge < -0.3 is 34.9 Å². The highest BCUT2D eigenvalue weighted by Gasteiger charge is 2.74. The monoisotopic (exact) mass is 750 g/mol.